The standard InChI is InChI=1S/C17H21N5O/c18-16-15(19-7-8-20-16)17(23)22-12-10-21(11-13-22)9-6-14-4-2-1-3-5-14/h1-5,7-8H,6,9-13H2,(H2,18,20). The molecule has 6 heteroatoms. The molecule has 0 saturated carbocycles. The molecule has 1 aliphatic rings. The van der Waals surface area contributed by atoms with E-state index >= 15 is 0 Å². The Hall–Kier alpha value is -2.47. The molecule has 1 aromatic carbocycles. The fourth-order valence-electron chi connectivity index (χ4n) is 2.77. The number of hydrogen-bond acceptors (Lipinski definition) is 5. The SMILES string of the molecule is Nc1nccnc1C(=O)N1CCN(CCc2ccccc2)CC1. The fraction of sp³-hybridized carbons (Fsp3) is 0.353. The highest BCUT2D eigenvalue weighted by Crippen LogP contribution is 2.11. The molecule has 1 aliphatic heterocycles. The summed E-state index contributed by atoms with van der Waals surface area (Å²) in [4.78, 5) is 24.6. The Morgan fingerprint density at radius 3 is 2.43 bits per heavy atom. The lowest BCUT2D eigenvalue weighted by atomic mass is 10.1. The van der Waals surface area contributed by atoms with Gasteiger partial charge in [-0.3, -0.25) is 9.69 Å². The molecule has 2 aromatic rings. The molecule has 1 amide bonds. The summed E-state index contributed by atoms with van der Waals surface area (Å²) < 4.78 is 0. The number of aromatic nitrogens is 2. The van der Waals surface area contributed by atoms with Gasteiger partial charge in [-0.25, -0.2) is 9.97 Å². The molecule has 23 heavy (non-hydrogen) atoms. The van der Waals surface area contributed by atoms with Crippen molar-refractivity contribution in [1.29, 1.82) is 0 Å². The number of anilines is 1. The van der Waals surface area contributed by atoms with Crippen LogP contribution in [0.4, 0.5) is 5.82 Å². The summed E-state index contributed by atoms with van der Waals surface area (Å²) in [5, 5.41) is 0. The quantitative estimate of drug-likeness (QED) is 0.914. The van der Waals surface area contributed by atoms with Gasteiger partial charge in [0.05, 0.1) is 0 Å². The number of hydrogen-bond donors (Lipinski definition) is 1. The highest BCUT2D eigenvalue weighted by molar-refractivity contribution is 5.96. The minimum Gasteiger partial charge on any atom is -0.382 e. The Kier molecular flexibility index (Phi) is 4.83. The zero-order valence-corrected chi connectivity index (χ0v) is 13.1. The fourth-order valence-corrected chi connectivity index (χ4v) is 2.77. The van der Waals surface area contributed by atoms with Crippen molar-refractivity contribution in [3.63, 3.8) is 0 Å². The molecule has 0 radical (unpaired) electrons. The molecule has 1 saturated heterocycles. The highest BCUT2D eigenvalue weighted by Gasteiger charge is 2.24. The van der Waals surface area contributed by atoms with E-state index in [9.17, 15) is 4.79 Å². The lowest BCUT2D eigenvalue weighted by Crippen LogP contribution is -2.49. The molecule has 0 atom stereocenters. The Labute approximate surface area is 135 Å². The predicted octanol–water partition coefficient (Wildman–Crippen LogP) is 1.06. The molecule has 0 aliphatic carbocycles. The van der Waals surface area contributed by atoms with Gasteiger partial charge in [-0.1, -0.05) is 30.3 Å². The average Bonchev–Trinajstić information content (AvgIpc) is 2.61. The molecule has 2 N–H and O–H groups in total. The monoisotopic (exact) mass is 311 g/mol. The third kappa shape index (κ3) is 3.84. The normalized spacial score (nSPS) is 15.6. The molecular weight excluding hydrogens is 290 g/mol. The van der Waals surface area contributed by atoms with Crippen LogP contribution in [0.15, 0.2) is 42.7 Å². The van der Waals surface area contributed by atoms with E-state index in [1.165, 1.54) is 18.0 Å². The van der Waals surface area contributed by atoms with Crippen LogP contribution in [0.25, 0.3) is 0 Å². The minimum atomic E-state index is -0.127. The maximum atomic E-state index is 12.4. The van der Waals surface area contributed by atoms with Crippen LogP contribution in [0.2, 0.25) is 0 Å². The van der Waals surface area contributed by atoms with Crippen molar-refractivity contribution in [1.82, 2.24) is 19.8 Å². The largest absolute Gasteiger partial charge is 0.382 e. The van der Waals surface area contributed by atoms with Gasteiger partial charge in [0.15, 0.2) is 11.5 Å². The first-order chi connectivity index (χ1) is 11.2. The van der Waals surface area contributed by atoms with Crippen LogP contribution >= 0.6 is 0 Å². The molecule has 3 rings (SSSR count). The predicted molar refractivity (Wildman–Crippen MR) is 88.9 cm³/mol. The van der Waals surface area contributed by atoms with Gasteiger partial charge in [-0.05, 0) is 12.0 Å². The van der Waals surface area contributed by atoms with E-state index in [0.717, 1.165) is 26.1 Å². The second-order valence-corrected chi connectivity index (χ2v) is 5.66. The minimum absolute atomic E-state index is 0.127. The molecule has 2 heterocycles. The first-order valence-electron chi connectivity index (χ1n) is 7.86. The molecule has 120 valence electrons. The Morgan fingerprint density at radius 1 is 1.04 bits per heavy atom. The smallest absolute Gasteiger partial charge is 0.276 e. The van der Waals surface area contributed by atoms with E-state index in [-0.39, 0.29) is 17.4 Å². The molecule has 0 unspecified atom stereocenters. The summed E-state index contributed by atoms with van der Waals surface area (Å²) in [5.41, 5.74) is 7.34. The first kappa shape index (κ1) is 15.4. The van der Waals surface area contributed by atoms with Crippen molar-refractivity contribution in [3.05, 3.63) is 54.0 Å². The van der Waals surface area contributed by atoms with Crippen molar-refractivity contribution >= 4 is 11.7 Å². The lowest BCUT2D eigenvalue weighted by Gasteiger charge is -2.34. The van der Waals surface area contributed by atoms with Crippen molar-refractivity contribution in [3.8, 4) is 0 Å². The number of nitrogen functional groups attached to an aromatic ring is 1. The maximum Gasteiger partial charge on any atom is 0.276 e. The van der Waals surface area contributed by atoms with Crippen molar-refractivity contribution in [2.24, 2.45) is 0 Å². The second-order valence-electron chi connectivity index (χ2n) is 5.66. The van der Waals surface area contributed by atoms with E-state index in [0.29, 0.717) is 13.1 Å². The van der Waals surface area contributed by atoms with Gasteiger partial charge in [0.2, 0.25) is 0 Å². The number of carbonyl (C=O) groups excluding carboxylic acids is 1. The van der Waals surface area contributed by atoms with Crippen LogP contribution in [0.1, 0.15) is 16.1 Å². The zero-order chi connectivity index (χ0) is 16.1. The van der Waals surface area contributed by atoms with Crippen molar-refractivity contribution in [2.75, 3.05) is 38.5 Å². The number of piperazine rings is 1. The first-order valence-corrected chi connectivity index (χ1v) is 7.86. The molecule has 1 fully saturated rings. The molecule has 6 nitrogen and oxygen atoms in total. The molecule has 0 bridgehead atoms. The number of nitrogens with two attached hydrogens (primary N) is 1. The van der Waals surface area contributed by atoms with Gasteiger partial charge < -0.3 is 10.6 Å². The van der Waals surface area contributed by atoms with Crippen LogP contribution in [-0.4, -0.2) is 58.4 Å². The van der Waals surface area contributed by atoms with Crippen LogP contribution < -0.4 is 5.73 Å². The van der Waals surface area contributed by atoms with E-state index in [2.05, 4.69) is 39.1 Å². The maximum absolute atomic E-state index is 12.4. The number of nitrogens with zero attached hydrogens (tertiary/aromatic N) is 4. The van der Waals surface area contributed by atoms with E-state index in [4.69, 9.17) is 5.73 Å². The molecular formula is C17H21N5O. The number of amides is 1. The number of rotatable bonds is 4. The van der Waals surface area contributed by atoms with Crippen molar-refractivity contribution < 1.29 is 4.79 Å². The van der Waals surface area contributed by atoms with Crippen LogP contribution in [0.3, 0.4) is 0 Å². The Balaban J connectivity index is 1.50. The third-order valence-electron chi connectivity index (χ3n) is 4.15. The van der Waals surface area contributed by atoms with Gasteiger partial charge in [-0.15, -0.1) is 0 Å². The van der Waals surface area contributed by atoms with Gasteiger partial charge >= 0.3 is 0 Å². The second kappa shape index (κ2) is 7.19. The zero-order valence-electron chi connectivity index (χ0n) is 13.1. The average molecular weight is 311 g/mol. The highest BCUT2D eigenvalue weighted by atomic mass is 16.2. The van der Waals surface area contributed by atoms with Gasteiger partial charge in [0.25, 0.3) is 5.91 Å². The van der Waals surface area contributed by atoms with Crippen LogP contribution in [-0.2, 0) is 6.42 Å². The number of benzene rings is 1. The summed E-state index contributed by atoms with van der Waals surface area (Å²) in [6.45, 7) is 4.16. The topological polar surface area (TPSA) is 75.3 Å². The van der Waals surface area contributed by atoms with E-state index in [1.807, 2.05) is 6.07 Å². The Morgan fingerprint density at radius 2 is 1.74 bits per heavy atom. The summed E-state index contributed by atoms with van der Waals surface area (Å²) in [5.74, 6) is 0.0716. The Bertz CT molecular complexity index is 653. The summed E-state index contributed by atoms with van der Waals surface area (Å²) in [6.07, 6.45) is 4.03. The summed E-state index contributed by atoms with van der Waals surface area (Å²) in [6, 6.07) is 10.5. The number of carbonyl (C=O) groups is 1. The lowest BCUT2D eigenvalue weighted by molar-refractivity contribution is 0.0633. The summed E-state index contributed by atoms with van der Waals surface area (Å²) >= 11 is 0. The van der Waals surface area contributed by atoms with E-state index < -0.39 is 0 Å². The van der Waals surface area contributed by atoms with Crippen molar-refractivity contribution in [2.45, 2.75) is 6.42 Å². The van der Waals surface area contributed by atoms with Crippen LogP contribution in [0.5, 0.6) is 0 Å². The van der Waals surface area contributed by atoms with Gasteiger partial charge in [-0.2, -0.15) is 0 Å². The van der Waals surface area contributed by atoms with E-state index in [1.54, 1.807) is 4.90 Å². The van der Waals surface area contributed by atoms with Gasteiger partial charge in [0.1, 0.15) is 0 Å². The molecule has 1 aromatic heterocycles. The summed E-state index contributed by atoms with van der Waals surface area (Å²) in [7, 11) is 0. The van der Waals surface area contributed by atoms with Crippen LogP contribution in [0, 0.1) is 0 Å². The third-order valence-corrected chi connectivity index (χ3v) is 4.15. The van der Waals surface area contributed by atoms with Gasteiger partial charge in [0, 0.05) is 45.1 Å². The molecule has 0 spiro atoms.